The average molecular weight is 437 g/mol. The molecule has 4 aliphatic carbocycles. The molecule has 4 nitrogen and oxygen atoms in total. The van der Waals surface area contributed by atoms with Crippen LogP contribution in [0.15, 0.2) is 23.8 Å². The first-order chi connectivity index (χ1) is 14.3. The van der Waals surface area contributed by atoms with E-state index in [0.717, 1.165) is 32.1 Å². The van der Waals surface area contributed by atoms with Gasteiger partial charge in [0.1, 0.15) is 11.6 Å². The molecule has 2 unspecified atom stereocenters. The monoisotopic (exact) mass is 436 g/mol. The first kappa shape index (κ1) is 21.3. The lowest BCUT2D eigenvalue weighted by Crippen LogP contribution is -2.46. The smallest absolute Gasteiger partial charge is 0.223 e. The summed E-state index contributed by atoms with van der Waals surface area (Å²) in [7, 11) is 0. The Morgan fingerprint density at radius 1 is 1.20 bits per heavy atom. The molecule has 3 atom stereocenters. The normalized spacial score (nSPS) is 25.5. The van der Waals surface area contributed by atoms with Crippen LogP contribution in [0.4, 0.5) is 8.78 Å². The highest BCUT2D eigenvalue weighted by Gasteiger charge is 2.47. The molecule has 4 aliphatic rings. The van der Waals surface area contributed by atoms with Gasteiger partial charge in [0.15, 0.2) is 0 Å². The fraction of sp³-hybridized carbons (Fsp3) is 0.565. The van der Waals surface area contributed by atoms with Gasteiger partial charge in [0.2, 0.25) is 11.8 Å². The summed E-state index contributed by atoms with van der Waals surface area (Å²) in [6, 6.07) is 1.57. The lowest BCUT2D eigenvalue weighted by Gasteiger charge is -2.48. The highest BCUT2D eigenvalue weighted by atomic mass is 35.5. The number of hydrogen-bond acceptors (Lipinski definition) is 2. The van der Waals surface area contributed by atoms with Crippen LogP contribution in [-0.4, -0.2) is 17.9 Å². The fourth-order valence-corrected chi connectivity index (χ4v) is 5.63. The second kappa shape index (κ2) is 8.29. The average Bonchev–Trinajstić information content (AvgIpc) is 3.19. The third-order valence-corrected chi connectivity index (χ3v) is 7.46. The molecule has 1 aromatic rings. The Morgan fingerprint density at radius 2 is 1.93 bits per heavy atom. The van der Waals surface area contributed by atoms with Crippen LogP contribution in [-0.2, 0) is 9.59 Å². The first-order valence-electron chi connectivity index (χ1n) is 10.7. The number of nitrogens with one attached hydrogen (secondary N) is 2. The molecular weight excluding hydrogens is 410 g/mol. The summed E-state index contributed by atoms with van der Waals surface area (Å²) in [4.78, 5) is 24.5. The van der Waals surface area contributed by atoms with Crippen molar-refractivity contribution >= 4 is 23.4 Å². The number of allylic oxidation sites excluding steroid dienone is 2. The predicted octanol–water partition coefficient (Wildman–Crippen LogP) is 4.97. The Hall–Kier alpha value is -1.95. The number of carbonyl (C=O) groups excluding carboxylic acids is 2. The molecule has 2 amide bonds. The van der Waals surface area contributed by atoms with Crippen molar-refractivity contribution in [2.45, 2.75) is 70.4 Å². The molecule has 0 saturated heterocycles. The topological polar surface area (TPSA) is 58.2 Å². The van der Waals surface area contributed by atoms with Crippen LogP contribution in [0.1, 0.15) is 69.9 Å². The van der Waals surface area contributed by atoms with E-state index in [4.69, 9.17) is 11.6 Å². The molecule has 0 aromatic heterocycles. The minimum Gasteiger partial charge on any atom is -0.354 e. The van der Waals surface area contributed by atoms with Crippen molar-refractivity contribution in [3.05, 3.63) is 46.0 Å². The molecule has 2 saturated carbocycles. The van der Waals surface area contributed by atoms with Gasteiger partial charge in [-0.15, -0.1) is 0 Å². The van der Waals surface area contributed by atoms with Crippen LogP contribution >= 0.6 is 11.6 Å². The molecule has 162 valence electrons. The van der Waals surface area contributed by atoms with Gasteiger partial charge in [0.05, 0.1) is 11.1 Å². The summed E-state index contributed by atoms with van der Waals surface area (Å²) in [5.41, 5.74) is 0.841. The molecular formula is C23H27ClF2N2O2. The van der Waals surface area contributed by atoms with Gasteiger partial charge in [0, 0.05) is 24.4 Å². The van der Waals surface area contributed by atoms with Gasteiger partial charge in [0.25, 0.3) is 0 Å². The van der Waals surface area contributed by atoms with Crippen molar-refractivity contribution in [3.63, 3.8) is 0 Å². The van der Waals surface area contributed by atoms with Gasteiger partial charge in [-0.05, 0) is 68.9 Å². The number of halogens is 3. The lowest BCUT2D eigenvalue weighted by molar-refractivity contribution is -0.127. The molecule has 2 N–H and O–H groups in total. The summed E-state index contributed by atoms with van der Waals surface area (Å²) in [5, 5.41) is 5.74. The Labute approximate surface area is 180 Å². The van der Waals surface area contributed by atoms with Crippen LogP contribution in [0.3, 0.4) is 0 Å². The van der Waals surface area contributed by atoms with E-state index in [0.29, 0.717) is 19.3 Å². The summed E-state index contributed by atoms with van der Waals surface area (Å²) in [6.07, 6.45) is 8.11. The van der Waals surface area contributed by atoms with Crippen molar-refractivity contribution in [1.82, 2.24) is 10.6 Å². The maximum absolute atomic E-state index is 15.0. The van der Waals surface area contributed by atoms with Crippen molar-refractivity contribution in [3.8, 4) is 0 Å². The van der Waals surface area contributed by atoms with Crippen LogP contribution < -0.4 is 10.6 Å². The Kier molecular flexibility index (Phi) is 5.88. The van der Waals surface area contributed by atoms with E-state index in [1.165, 1.54) is 24.6 Å². The second-order valence-electron chi connectivity index (χ2n) is 9.03. The SMILES string of the molecule is CC(=O)NC1CC[C@@H](C(=O)NC(c2c(F)ccc(Cl)c2F)C23CC=C(CC2)CC3)C1. The van der Waals surface area contributed by atoms with E-state index in [2.05, 4.69) is 16.7 Å². The van der Waals surface area contributed by atoms with Crippen LogP contribution in [0.2, 0.25) is 5.02 Å². The highest BCUT2D eigenvalue weighted by Crippen LogP contribution is 2.55. The zero-order valence-corrected chi connectivity index (χ0v) is 17.8. The second-order valence-corrected chi connectivity index (χ2v) is 9.44. The van der Waals surface area contributed by atoms with E-state index in [1.54, 1.807) is 0 Å². The van der Waals surface area contributed by atoms with E-state index < -0.39 is 23.1 Å². The van der Waals surface area contributed by atoms with Crippen molar-refractivity contribution in [1.29, 1.82) is 0 Å². The molecule has 2 fully saturated rings. The van der Waals surface area contributed by atoms with E-state index in [1.807, 2.05) is 0 Å². The molecule has 2 bridgehead atoms. The lowest BCUT2D eigenvalue weighted by atomic mass is 9.60. The number of carbonyl (C=O) groups is 2. The largest absolute Gasteiger partial charge is 0.354 e. The zero-order chi connectivity index (χ0) is 21.5. The van der Waals surface area contributed by atoms with Gasteiger partial charge >= 0.3 is 0 Å². The van der Waals surface area contributed by atoms with E-state index >= 15 is 4.39 Å². The summed E-state index contributed by atoms with van der Waals surface area (Å²) < 4.78 is 29.9. The zero-order valence-electron chi connectivity index (χ0n) is 17.1. The number of rotatable bonds is 5. The van der Waals surface area contributed by atoms with Gasteiger partial charge in [-0.1, -0.05) is 23.3 Å². The third kappa shape index (κ3) is 3.98. The quantitative estimate of drug-likeness (QED) is 0.505. The maximum Gasteiger partial charge on any atom is 0.223 e. The van der Waals surface area contributed by atoms with Gasteiger partial charge in [-0.3, -0.25) is 9.59 Å². The Morgan fingerprint density at radius 3 is 2.57 bits per heavy atom. The number of hydrogen-bond donors (Lipinski definition) is 2. The summed E-state index contributed by atoms with van der Waals surface area (Å²) in [6.45, 7) is 1.46. The molecule has 0 radical (unpaired) electrons. The van der Waals surface area contributed by atoms with Crippen molar-refractivity contribution < 1.29 is 18.4 Å². The molecule has 0 spiro atoms. The minimum absolute atomic E-state index is 0.0376. The predicted molar refractivity (Wildman–Crippen MR) is 111 cm³/mol. The van der Waals surface area contributed by atoms with E-state index in [9.17, 15) is 14.0 Å². The van der Waals surface area contributed by atoms with Gasteiger partial charge < -0.3 is 10.6 Å². The number of amides is 2. The van der Waals surface area contributed by atoms with Crippen LogP contribution in [0.5, 0.6) is 0 Å². The van der Waals surface area contributed by atoms with Gasteiger partial charge in [-0.2, -0.15) is 0 Å². The molecule has 1 aromatic carbocycles. The standard InChI is InChI=1S/C23H27ClF2N2O2/c1-13(29)27-16-3-2-15(12-16)22(30)28-21(19-18(25)5-4-17(24)20(19)26)23-9-6-14(7-10-23)8-11-23/h4-6,15-16,21H,2-3,7-12H2,1H3,(H,27,29)(H,28,30)/t15-,16?,21?/m1/s1. The minimum atomic E-state index is -0.792. The Balaban J connectivity index is 1.63. The Bertz CT molecular complexity index is 891. The molecule has 0 aliphatic heterocycles. The van der Waals surface area contributed by atoms with Crippen molar-refractivity contribution in [2.24, 2.45) is 11.3 Å². The van der Waals surface area contributed by atoms with E-state index in [-0.39, 0.29) is 34.4 Å². The van der Waals surface area contributed by atoms with Crippen LogP contribution in [0.25, 0.3) is 0 Å². The fourth-order valence-electron chi connectivity index (χ4n) is 5.47. The first-order valence-corrected chi connectivity index (χ1v) is 11.1. The van der Waals surface area contributed by atoms with Gasteiger partial charge in [-0.25, -0.2) is 8.78 Å². The van der Waals surface area contributed by atoms with Crippen molar-refractivity contribution in [2.75, 3.05) is 0 Å². The van der Waals surface area contributed by atoms with Crippen LogP contribution in [0, 0.1) is 23.0 Å². The third-order valence-electron chi connectivity index (χ3n) is 7.16. The summed E-state index contributed by atoms with van der Waals surface area (Å²) in [5.74, 6) is -2.09. The number of benzene rings is 1. The molecule has 5 rings (SSSR count). The highest BCUT2D eigenvalue weighted by molar-refractivity contribution is 6.30. The molecule has 0 heterocycles. The molecule has 30 heavy (non-hydrogen) atoms. The summed E-state index contributed by atoms with van der Waals surface area (Å²) >= 11 is 5.99. The number of fused-ring (bicyclic) bond motifs is 3. The maximum atomic E-state index is 15.0. The molecule has 7 heteroatoms.